The Morgan fingerprint density at radius 3 is 2.50 bits per heavy atom. The molecule has 0 saturated heterocycles. The van der Waals surface area contributed by atoms with Crippen LogP contribution in [0.15, 0.2) is 24.3 Å². The maximum absolute atomic E-state index is 13.8. The van der Waals surface area contributed by atoms with Gasteiger partial charge < -0.3 is 16.8 Å². The second kappa shape index (κ2) is 10.1. The molecule has 1 heterocycles. The molecule has 1 fully saturated rings. The molecule has 9 heteroatoms. The van der Waals surface area contributed by atoms with Crippen LogP contribution in [0, 0.1) is 12.8 Å². The predicted octanol–water partition coefficient (Wildman–Crippen LogP) is 3.25. The molecule has 0 spiro atoms. The lowest BCUT2D eigenvalue weighted by Gasteiger charge is -2.33. The van der Waals surface area contributed by atoms with E-state index in [-0.39, 0.29) is 34.1 Å². The summed E-state index contributed by atoms with van der Waals surface area (Å²) in [5.41, 5.74) is 12.8. The van der Waals surface area contributed by atoms with Gasteiger partial charge in [-0.05, 0) is 61.3 Å². The first-order chi connectivity index (χ1) is 15.2. The molecule has 8 nitrogen and oxygen atoms in total. The monoisotopic (exact) mass is 457 g/mol. The normalized spacial score (nSPS) is 15.0. The number of carbonyl (C=O) groups excluding carboxylic acids is 3. The summed E-state index contributed by atoms with van der Waals surface area (Å²) in [4.78, 5) is 40.4. The van der Waals surface area contributed by atoms with Crippen molar-refractivity contribution in [2.24, 2.45) is 11.7 Å². The number of aromatic nitrogens is 1. The Labute approximate surface area is 192 Å². The summed E-state index contributed by atoms with van der Waals surface area (Å²) in [5, 5.41) is 3.14. The van der Waals surface area contributed by atoms with Crippen LogP contribution in [-0.2, 0) is 4.79 Å². The SMILES string of the molecule is Cc1cccc(N(C(=O)c2snc(C(N)=O)c2N)[C@H](CC(C)C)C(=O)NC2CCCC2)c1. The van der Waals surface area contributed by atoms with Crippen molar-refractivity contribution in [3.05, 3.63) is 40.4 Å². The summed E-state index contributed by atoms with van der Waals surface area (Å²) in [6.45, 7) is 5.95. The number of nitrogens with zero attached hydrogens (tertiary/aromatic N) is 2. The van der Waals surface area contributed by atoms with E-state index in [4.69, 9.17) is 11.5 Å². The molecule has 0 bridgehead atoms. The van der Waals surface area contributed by atoms with E-state index >= 15 is 0 Å². The van der Waals surface area contributed by atoms with Gasteiger partial charge in [-0.1, -0.05) is 38.8 Å². The molecule has 1 aromatic heterocycles. The van der Waals surface area contributed by atoms with Crippen LogP contribution in [0.1, 0.15) is 71.7 Å². The molecule has 2 aromatic rings. The number of primary amides is 1. The van der Waals surface area contributed by atoms with E-state index in [1.165, 1.54) is 4.90 Å². The predicted molar refractivity (Wildman–Crippen MR) is 127 cm³/mol. The Balaban J connectivity index is 2.05. The maximum atomic E-state index is 13.8. The fourth-order valence-electron chi connectivity index (χ4n) is 4.10. The van der Waals surface area contributed by atoms with Gasteiger partial charge in [0.15, 0.2) is 5.69 Å². The largest absolute Gasteiger partial charge is 0.395 e. The number of aryl methyl sites for hydroxylation is 1. The van der Waals surface area contributed by atoms with Crippen molar-refractivity contribution in [2.45, 2.75) is 65.0 Å². The van der Waals surface area contributed by atoms with E-state index in [0.29, 0.717) is 12.1 Å². The number of benzene rings is 1. The summed E-state index contributed by atoms with van der Waals surface area (Å²) in [7, 11) is 0. The topological polar surface area (TPSA) is 131 Å². The zero-order valence-electron chi connectivity index (χ0n) is 18.8. The standard InChI is InChI=1S/C23H31N5O3S/c1-13(2)11-17(22(30)26-15-8-4-5-9-15)28(16-10-6-7-14(3)12-16)23(31)20-18(24)19(21(25)29)27-32-20/h6-7,10,12-13,15,17H,4-5,8-9,11,24H2,1-3H3,(H2,25,29)(H,26,30)/t17-/m1/s1. The van der Waals surface area contributed by atoms with Crippen LogP contribution in [0.4, 0.5) is 11.4 Å². The van der Waals surface area contributed by atoms with Gasteiger partial charge in [-0.15, -0.1) is 0 Å². The van der Waals surface area contributed by atoms with E-state index < -0.39 is 17.9 Å². The van der Waals surface area contributed by atoms with Crippen molar-refractivity contribution in [1.82, 2.24) is 9.69 Å². The van der Waals surface area contributed by atoms with Crippen LogP contribution in [0.25, 0.3) is 0 Å². The van der Waals surface area contributed by atoms with E-state index in [1.54, 1.807) is 6.07 Å². The lowest BCUT2D eigenvalue weighted by atomic mass is 9.99. The van der Waals surface area contributed by atoms with Gasteiger partial charge in [-0.3, -0.25) is 19.3 Å². The first kappa shape index (κ1) is 23.7. The summed E-state index contributed by atoms with van der Waals surface area (Å²) in [6, 6.07) is 6.82. The van der Waals surface area contributed by atoms with E-state index in [1.807, 2.05) is 39.0 Å². The fourth-order valence-corrected chi connectivity index (χ4v) is 4.84. The smallest absolute Gasteiger partial charge is 0.272 e. The van der Waals surface area contributed by atoms with Gasteiger partial charge in [-0.2, -0.15) is 4.37 Å². The maximum Gasteiger partial charge on any atom is 0.272 e. The number of nitrogen functional groups attached to an aromatic ring is 1. The highest BCUT2D eigenvalue weighted by molar-refractivity contribution is 7.09. The number of nitrogens with one attached hydrogen (secondary N) is 1. The Bertz CT molecular complexity index is 997. The molecule has 1 atom stereocenters. The molecular weight excluding hydrogens is 426 g/mol. The Kier molecular flexibility index (Phi) is 7.50. The lowest BCUT2D eigenvalue weighted by molar-refractivity contribution is -0.123. The second-order valence-corrected chi connectivity index (χ2v) is 9.56. The molecule has 172 valence electrons. The van der Waals surface area contributed by atoms with Gasteiger partial charge in [0.05, 0.1) is 5.69 Å². The minimum Gasteiger partial charge on any atom is -0.395 e. The molecular formula is C23H31N5O3S. The molecule has 0 radical (unpaired) electrons. The first-order valence-corrected chi connectivity index (χ1v) is 11.7. The Morgan fingerprint density at radius 1 is 1.25 bits per heavy atom. The first-order valence-electron chi connectivity index (χ1n) is 10.9. The second-order valence-electron chi connectivity index (χ2n) is 8.79. The molecule has 32 heavy (non-hydrogen) atoms. The van der Waals surface area contributed by atoms with Crippen LogP contribution in [0.5, 0.6) is 0 Å². The molecule has 0 unspecified atom stereocenters. The van der Waals surface area contributed by atoms with Crippen LogP contribution in [0.2, 0.25) is 0 Å². The van der Waals surface area contributed by atoms with Crippen molar-refractivity contribution in [2.75, 3.05) is 10.6 Å². The van der Waals surface area contributed by atoms with Gasteiger partial charge in [-0.25, -0.2) is 0 Å². The number of hydrogen-bond acceptors (Lipinski definition) is 6. The molecule has 1 aliphatic carbocycles. The summed E-state index contributed by atoms with van der Waals surface area (Å²) in [5.74, 6) is -1.28. The van der Waals surface area contributed by atoms with E-state index in [9.17, 15) is 14.4 Å². The molecule has 1 aromatic carbocycles. The highest BCUT2D eigenvalue weighted by atomic mass is 32.1. The van der Waals surface area contributed by atoms with Crippen molar-refractivity contribution in [3.63, 3.8) is 0 Å². The van der Waals surface area contributed by atoms with Crippen molar-refractivity contribution in [1.29, 1.82) is 0 Å². The Hall–Kier alpha value is -2.94. The van der Waals surface area contributed by atoms with Gasteiger partial charge in [0, 0.05) is 11.7 Å². The van der Waals surface area contributed by atoms with Gasteiger partial charge in [0.1, 0.15) is 10.9 Å². The summed E-state index contributed by atoms with van der Waals surface area (Å²) < 4.78 is 3.97. The van der Waals surface area contributed by atoms with Gasteiger partial charge >= 0.3 is 0 Å². The quantitative estimate of drug-likeness (QED) is 0.560. The van der Waals surface area contributed by atoms with Crippen LogP contribution >= 0.6 is 11.5 Å². The number of nitrogens with two attached hydrogens (primary N) is 2. The zero-order valence-corrected chi connectivity index (χ0v) is 19.6. The third kappa shape index (κ3) is 5.27. The van der Waals surface area contributed by atoms with Gasteiger partial charge in [0.2, 0.25) is 5.91 Å². The zero-order chi connectivity index (χ0) is 23.4. The average Bonchev–Trinajstić information content (AvgIpc) is 3.36. The highest BCUT2D eigenvalue weighted by Crippen LogP contribution is 2.30. The van der Waals surface area contributed by atoms with Crippen molar-refractivity contribution >= 4 is 40.6 Å². The van der Waals surface area contributed by atoms with E-state index in [2.05, 4.69) is 9.69 Å². The third-order valence-corrected chi connectivity index (χ3v) is 6.52. The van der Waals surface area contributed by atoms with Crippen molar-refractivity contribution in [3.8, 4) is 0 Å². The molecule has 1 aliphatic rings. The molecule has 1 saturated carbocycles. The fraction of sp³-hybridized carbons (Fsp3) is 0.478. The molecule has 3 rings (SSSR count). The Morgan fingerprint density at radius 2 is 1.94 bits per heavy atom. The van der Waals surface area contributed by atoms with Crippen LogP contribution in [-0.4, -0.2) is 34.2 Å². The van der Waals surface area contributed by atoms with E-state index in [0.717, 1.165) is 42.8 Å². The minimum absolute atomic E-state index is 0.0512. The number of carbonyl (C=O) groups is 3. The molecule has 0 aliphatic heterocycles. The number of rotatable bonds is 8. The molecule has 3 amide bonds. The summed E-state index contributed by atoms with van der Waals surface area (Å²) >= 11 is 0.822. The number of amides is 3. The average molecular weight is 458 g/mol. The minimum atomic E-state index is -0.794. The van der Waals surface area contributed by atoms with Crippen molar-refractivity contribution < 1.29 is 14.4 Å². The van der Waals surface area contributed by atoms with Gasteiger partial charge in [0.25, 0.3) is 11.8 Å². The number of hydrogen-bond donors (Lipinski definition) is 3. The third-order valence-electron chi connectivity index (χ3n) is 5.66. The van der Waals surface area contributed by atoms with Crippen LogP contribution < -0.4 is 21.7 Å². The highest BCUT2D eigenvalue weighted by Gasteiger charge is 2.36. The summed E-state index contributed by atoms with van der Waals surface area (Å²) in [6.07, 6.45) is 4.55. The molecule has 5 N–H and O–H groups in total. The van der Waals surface area contributed by atoms with Crippen LogP contribution in [0.3, 0.4) is 0 Å². The lowest BCUT2D eigenvalue weighted by Crippen LogP contribution is -2.52. The number of anilines is 2.